The zero-order valence-electron chi connectivity index (χ0n) is 20.6. The summed E-state index contributed by atoms with van der Waals surface area (Å²) in [5.74, 6) is 0.247. The molecule has 3 heterocycles. The van der Waals surface area contributed by atoms with Crippen LogP contribution in [0.1, 0.15) is 66.6 Å². The molecule has 0 N–H and O–H groups in total. The van der Waals surface area contributed by atoms with Gasteiger partial charge in [-0.1, -0.05) is 18.7 Å². The van der Waals surface area contributed by atoms with Gasteiger partial charge in [0.1, 0.15) is 0 Å². The van der Waals surface area contributed by atoms with Crippen LogP contribution in [0.2, 0.25) is 0 Å². The van der Waals surface area contributed by atoms with Gasteiger partial charge in [-0.3, -0.25) is 9.59 Å². The van der Waals surface area contributed by atoms with Gasteiger partial charge < -0.3 is 9.80 Å². The summed E-state index contributed by atoms with van der Waals surface area (Å²) in [7, 11) is 0. The van der Waals surface area contributed by atoms with Crippen LogP contribution >= 0.6 is 0 Å². The van der Waals surface area contributed by atoms with Gasteiger partial charge in [0, 0.05) is 38.0 Å². The number of benzene rings is 1. The van der Waals surface area contributed by atoms with Crippen molar-refractivity contribution in [1.29, 1.82) is 0 Å². The van der Waals surface area contributed by atoms with Gasteiger partial charge in [0.2, 0.25) is 11.8 Å². The highest BCUT2D eigenvalue weighted by molar-refractivity contribution is 5.88. The summed E-state index contributed by atoms with van der Waals surface area (Å²) in [6, 6.07) is 8.08. The van der Waals surface area contributed by atoms with Crippen LogP contribution < -0.4 is 0 Å². The molecule has 9 heteroatoms. The first-order chi connectivity index (χ1) is 17.6. The largest absolute Gasteiger partial charge is 0.394 e. The lowest BCUT2D eigenvalue weighted by molar-refractivity contribution is -0.353. The molecule has 4 aliphatic carbocycles. The van der Waals surface area contributed by atoms with Crippen molar-refractivity contribution in [3.63, 3.8) is 0 Å². The second kappa shape index (κ2) is 7.48. The Balaban J connectivity index is 1.23. The lowest BCUT2D eigenvalue weighted by atomic mass is 9.34. The van der Waals surface area contributed by atoms with E-state index < -0.39 is 23.0 Å². The average molecular weight is 511 g/mol. The summed E-state index contributed by atoms with van der Waals surface area (Å²) in [4.78, 5) is 29.8. The molecule has 6 aliphatic rings. The van der Waals surface area contributed by atoms with Crippen LogP contribution in [0.25, 0.3) is 5.69 Å². The fourth-order valence-electron chi connectivity index (χ4n) is 7.30. The van der Waals surface area contributed by atoms with Crippen LogP contribution in [0.4, 0.5) is 13.2 Å². The van der Waals surface area contributed by atoms with Gasteiger partial charge in [-0.25, -0.2) is 4.68 Å². The second-order valence-electron chi connectivity index (χ2n) is 11.7. The number of alkyl halides is 3. The predicted octanol–water partition coefficient (Wildman–Crippen LogP) is 4.48. The van der Waals surface area contributed by atoms with E-state index in [-0.39, 0.29) is 31.1 Å². The van der Waals surface area contributed by atoms with Crippen molar-refractivity contribution >= 4 is 11.8 Å². The predicted molar refractivity (Wildman–Crippen MR) is 129 cm³/mol. The van der Waals surface area contributed by atoms with Crippen molar-refractivity contribution in [1.82, 2.24) is 19.6 Å². The van der Waals surface area contributed by atoms with Crippen molar-refractivity contribution in [3.8, 4) is 5.69 Å². The molecule has 0 unspecified atom stereocenters. The van der Waals surface area contributed by atoms with Crippen LogP contribution in [0.3, 0.4) is 0 Å². The monoisotopic (exact) mass is 510 g/mol. The molecule has 2 aromatic rings. The van der Waals surface area contributed by atoms with Crippen LogP contribution in [-0.2, 0) is 22.4 Å². The lowest BCUT2D eigenvalue weighted by Gasteiger charge is -2.70. The van der Waals surface area contributed by atoms with E-state index in [2.05, 4.69) is 30.8 Å². The van der Waals surface area contributed by atoms with Gasteiger partial charge in [-0.2, -0.15) is 18.3 Å². The number of halogens is 3. The molecule has 2 bridgehead atoms. The summed E-state index contributed by atoms with van der Waals surface area (Å²) in [6.45, 7) is 4.77. The summed E-state index contributed by atoms with van der Waals surface area (Å²) in [6.07, 6.45) is 0.252. The molecule has 4 saturated carbocycles. The Morgan fingerprint density at radius 2 is 1.76 bits per heavy atom. The first kappa shape index (κ1) is 23.0. The van der Waals surface area contributed by atoms with E-state index in [1.165, 1.54) is 24.5 Å². The maximum absolute atomic E-state index is 13.8. The van der Waals surface area contributed by atoms with Crippen LogP contribution in [0, 0.1) is 10.8 Å². The molecule has 1 aromatic heterocycles. The minimum Gasteiger partial charge on any atom is -0.336 e. The summed E-state index contributed by atoms with van der Waals surface area (Å²) in [5.41, 5.74) is 2.56. The maximum Gasteiger partial charge on any atom is 0.394 e. The minimum atomic E-state index is -4.26. The molecule has 8 rings (SSSR count). The van der Waals surface area contributed by atoms with Gasteiger partial charge in [-0.05, 0) is 61.8 Å². The van der Waals surface area contributed by atoms with E-state index in [1.807, 2.05) is 4.68 Å². The van der Waals surface area contributed by atoms with Gasteiger partial charge >= 0.3 is 6.18 Å². The zero-order chi connectivity index (χ0) is 25.7. The van der Waals surface area contributed by atoms with E-state index >= 15 is 0 Å². The van der Waals surface area contributed by atoms with E-state index in [0.29, 0.717) is 38.4 Å². The lowest BCUT2D eigenvalue weighted by Crippen LogP contribution is -2.73. The third-order valence-electron chi connectivity index (χ3n) is 9.43. The van der Waals surface area contributed by atoms with Crippen LogP contribution in [-0.4, -0.2) is 57.2 Å². The average Bonchev–Trinajstić information content (AvgIpc) is 3.62. The van der Waals surface area contributed by atoms with Crippen molar-refractivity contribution in [2.45, 2.75) is 63.1 Å². The molecule has 0 radical (unpaired) electrons. The normalized spacial score (nSPS) is 30.1. The number of carbonyl (C=O) groups is 2. The molecule has 0 spiro atoms. The number of nitrogens with zero attached hydrogens (tertiary/aromatic N) is 4. The van der Waals surface area contributed by atoms with Crippen molar-refractivity contribution in [3.05, 3.63) is 59.4 Å². The molecule has 1 atom stereocenters. The van der Waals surface area contributed by atoms with E-state index in [1.54, 1.807) is 9.80 Å². The number of aromatic nitrogens is 2. The van der Waals surface area contributed by atoms with E-state index in [0.717, 1.165) is 22.6 Å². The Kier molecular flexibility index (Phi) is 4.66. The van der Waals surface area contributed by atoms with Gasteiger partial charge in [0.25, 0.3) is 0 Å². The molecule has 0 saturated heterocycles. The van der Waals surface area contributed by atoms with Crippen molar-refractivity contribution < 1.29 is 22.8 Å². The topological polar surface area (TPSA) is 58.4 Å². The number of hydrogen-bond donors (Lipinski definition) is 0. The maximum atomic E-state index is 13.8. The zero-order valence-corrected chi connectivity index (χ0v) is 20.6. The third-order valence-corrected chi connectivity index (χ3v) is 9.43. The summed E-state index contributed by atoms with van der Waals surface area (Å²) in [5, 5.41) is 4.96. The standard InChI is InChI=1S/C28H29F3N4O2/c1-2-23(36)33-11-9-20-24-21(35(32-20)19-7-5-18(6-8-19)17-3-4-17)10-12-34(22(24)13-33)25(37)26-14-27(15-26,16-26)28(29,30)31/h2,5-8,17,22H,1,3-4,9-16H2/t22-,26?,27?/m0/s1. The Bertz CT molecular complexity index is 1300. The molecule has 194 valence electrons. The second-order valence-corrected chi connectivity index (χ2v) is 11.7. The third kappa shape index (κ3) is 3.21. The van der Waals surface area contributed by atoms with Gasteiger partial charge in [-0.15, -0.1) is 0 Å². The quantitative estimate of drug-likeness (QED) is 0.570. The van der Waals surface area contributed by atoms with Gasteiger partial charge in [0.05, 0.1) is 33.9 Å². The smallest absolute Gasteiger partial charge is 0.336 e. The Labute approximate surface area is 213 Å². The molecule has 37 heavy (non-hydrogen) atoms. The highest BCUT2D eigenvalue weighted by atomic mass is 19.4. The number of carbonyl (C=O) groups excluding carboxylic acids is 2. The Hall–Kier alpha value is -3.10. The first-order valence-corrected chi connectivity index (χ1v) is 13.1. The molecular weight excluding hydrogens is 481 g/mol. The molecule has 2 amide bonds. The number of hydrogen-bond acceptors (Lipinski definition) is 3. The summed E-state index contributed by atoms with van der Waals surface area (Å²) >= 11 is 0. The Morgan fingerprint density at radius 3 is 2.38 bits per heavy atom. The SMILES string of the molecule is C=CC(=O)N1CCc2nn(-c3ccc(C4CC4)cc3)c3c2[C@H](C1)N(C(=O)C12CC(C(F)(F)F)(C1)C2)CC3. The summed E-state index contributed by atoms with van der Waals surface area (Å²) < 4.78 is 42.4. The first-order valence-electron chi connectivity index (χ1n) is 13.1. The number of rotatable bonds is 4. The van der Waals surface area contributed by atoms with E-state index in [4.69, 9.17) is 5.10 Å². The fourth-order valence-corrected chi connectivity index (χ4v) is 7.30. The molecular formula is C28H29F3N4O2. The molecule has 2 aliphatic heterocycles. The van der Waals surface area contributed by atoms with Gasteiger partial charge in [0.15, 0.2) is 0 Å². The molecule has 6 nitrogen and oxygen atoms in total. The molecule has 1 aromatic carbocycles. The number of amides is 2. The van der Waals surface area contributed by atoms with Crippen molar-refractivity contribution in [2.24, 2.45) is 10.8 Å². The van der Waals surface area contributed by atoms with Crippen molar-refractivity contribution in [2.75, 3.05) is 19.6 Å². The minimum absolute atomic E-state index is 0.118. The van der Waals surface area contributed by atoms with E-state index in [9.17, 15) is 22.8 Å². The molecule has 4 fully saturated rings. The highest BCUT2D eigenvalue weighted by Crippen LogP contribution is 2.79. The van der Waals surface area contributed by atoms with Crippen LogP contribution in [0.5, 0.6) is 0 Å². The fraction of sp³-hybridized carbons (Fsp3) is 0.536. The Morgan fingerprint density at radius 1 is 1.05 bits per heavy atom. The van der Waals surface area contributed by atoms with Crippen LogP contribution in [0.15, 0.2) is 36.9 Å². The highest BCUT2D eigenvalue weighted by Gasteiger charge is 2.81.